The van der Waals surface area contributed by atoms with E-state index in [-0.39, 0.29) is 12.5 Å². The standard InChI is InChI=1S/C19H30N4O3/c1-4-6-12-20-19(26)22-17(24)14-23(13-5-2)15(3)18(25)21-16-10-8-7-9-11-16/h7-11,15H,4-6,12-14H2,1-3H3,(H,21,25)(H2,20,22,24,26)/t15-/m1/s1. The van der Waals surface area contributed by atoms with E-state index >= 15 is 0 Å². The van der Waals surface area contributed by atoms with Gasteiger partial charge in [0, 0.05) is 12.2 Å². The fourth-order valence-corrected chi connectivity index (χ4v) is 2.40. The van der Waals surface area contributed by atoms with Crippen LogP contribution in [-0.2, 0) is 9.59 Å². The van der Waals surface area contributed by atoms with Gasteiger partial charge in [0.25, 0.3) is 0 Å². The number of urea groups is 1. The summed E-state index contributed by atoms with van der Waals surface area (Å²) in [5.41, 5.74) is 0.709. The molecule has 0 aliphatic carbocycles. The average Bonchev–Trinajstić information content (AvgIpc) is 2.61. The van der Waals surface area contributed by atoms with Gasteiger partial charge in [0.1, 0.15) is 0 Å². The van der Waals surface area contributed by atoms with Crippen LogP contribution in [0.15, 0.2) is 30.3 Å². The molecule has 1 aromatic carbocycles. The second-order valence-corrected chi connectivity index (χ2v) is 6.16. The van der Waals surface area contributed by atoms with Crippen molar-refractivity contribution in [2.24, 2.45) is 0 Å². The normalized spacial score (nSPS) is 11.7. The Balaban J connectivity index is 2.56. The number of para-hydroxylation sites is 1. The second kappa shape index (κ2) is 12.0. The molecule has 1 atom stereocenters. The molecule has 0 fully saturated rings. The summed E-state index contributed by atoms with van der Waals surface area (Å²) in [4.78, 5) is 38.0. The molecule has 0 spiro atoms. The molecule has 0 bridgehead atoms. The average molecular weight is 362 g/mol. The zero-order valence-electron chi connectivity index (χ0n) is 15.9. The van der Waals surface area contributed by atoms with E-state index in [1.807, 2.05) is 44.2 Å². The van der Waals surface area contributed by atoms with Gasteiger partial charge in [-0.2, -0.15) is 0 Å². The van der Waals surface area contributed by atoms with E-state index in [9.17, 15) is 14.4 Å². The number of hydrogen-bond donors (Lipinski definition) is 3. The van der Waals surface area contributed by atoms with E-state index in [0.717, 1.165) is 19.3 Å². The highest BCUT2D eigenvalue weighted by molar-refractivity contribution is 5.97. The predicted octanol–water partition coefficient (Wildman–Crippen LogP) is 2.35. The van der Waals surface area contributed by atoms with Crippen LogP contribution in [0.5, 0.6) is 0 Å². The Hall–Kier alpha value is -2.41. The number of nitrogens with one attached hydrogen (secondary N) is 3. The minimum atomic E-state index is -0.499. The van der Waals surface area contributed by atoms with E-state index in [1.54, 1.807) is 11.8 Å². The molecule has 26 heavy (non-hydrogen) atoms. The van der Waals surface area contributed by atoms with E-state index in [4.69, 9.17) is 0 Å². The smallest absolute Gasteiger partial charge is 0.321 e. The lowest BCUT2D eigenvalue weighted by molar-refractivity contribution is -0.124. The first-order valence-corrected chi connectivity index (χ1v) is 9.15. The molecule has 0 aromatic heterocycles. The van der Waals surface area contributed by atoms with Gasteiger partial charge < -0.3 is 10.6 Å². The number of unbranched alkanes of at least 4 members (excludes halogenated alkanes) is 1. The number of benzene rings is 1. The van der Waals surface area contributed by atoms with E-state index in [0.29, 0.717) is 18.8 Å². The Labute approximate surface area is 155 Å². The third-order valence-corrected chi connectivity index (χ3v) is 3.89. The molecule has 4 amide bonds. The maximum absolute atomic E-state index is 12.4. The van der Waals surface area contributed by atoms with Gasteiger partial charge in [0.15, 0.2) is 0 Å². The van der Waals surface area contributed by atoms with E-state index in [1.165, 1.54) is 0 Å². The Bertz CT molecular complexity index is 577. The highest BCUT2D eigenvalue weighted by Crippen LogP contribution is 2.08. The fraction of sp³-hybridized carbons (Fsp3) is 0.526. The van der Waals surface area contributed by atoms with Crippen molar-refractivity contribution in [1.82, 2.24) is 15.5 Å². The number of hydrogen-bond acceptors (Lipinski definition) is 4. The number of carbonyl (C=O) groups is 3. The van der Waals surface area contributed by atoms with Crippen LogP contribution in [0.1, 0.15) is 40.0 Å². The number of imide groups is 1. The number of carbonyl (C=O) groups excluding carboxylic acids is 3. The van der Waals surface area contributed by atoms with Crippen LogP contribution in [0.4, 0.5) is 10.5 Å². The molecular weight excluding hydrogens is 332 g/mol. The van der Waals surface area contributed by atoms with Crippen molar-refractivity contribution in [3.8, 4) is 0 Å². The number of nitrogens with zero attached hydrogens (tertiary/aromatic N) is 1. The Morgan fingerprint density at radius 3 is 2.38 bits per heavy atom. The highest BCUT2D eigenvalue weighted by atomic mass is 16.2. The molecule has 0 aliphatic heterocycles. The van der Waals surface area contributed by atoms with E-state index in [2.05, 4.69) is 16.0 Å². The van der Waals surface area contributed by atoms with Gasteiger partial charge in [-0.1, -0.05) is 38.5 Å². The third kappa shape index (κ3) is 8.11. The second-order valence-electron chi connectivity index (χ2n) is 6.16. The molecular formula is C19H30N4O3. The van der Waals surface area contributed by atoms with Crippen LogP contribution in [0.3, 0.4) is 0 Å². The van der Waals surface area contributed by atoms with Gasteiger partial charge in [0.05, 0.1) is 12.6 Å². The van der Waals surface area contributed by atoms with Gasteiger partial charge >= 0.3 is 6.03 Å². The lowest BCUT2D eigenvalue weighted by atomic mass is 10.2. The Morgan fingerprint density at radius 1 is 1.08 bits per heavy atom. The lowest BCUT2D eigenvalue weighted by Gasteiger charge is -2.27. The SMILES string of the molecule is CCCCNC(=O)NC(=O)CN(CCC)[C@H](C)C(=O)Nc1ccccc1. The molecule has 144 valence electrons. The van der Waals surface area contributed by atoms with Crippen LogP contribution in [0.25, 0.3) is 0 Å². The topological polar surface area (TPSA) is 90.5 Å². The zero-order valence-corrected chi connectivity index (χ0v) is 15.9. The molecule has 7 heteroatoms. The molecule has 0 unspecified atom stereocenters. The number of rotatable bonds is 10. The van der Waals surface area contributed by atoms with Gasteiger partial charge in [-0.15, -0.1) is 0 Å². The summed E-state index contributed by atoms with van der Waals surface area (Å²) in [5.74, 6) is -0.614. The first-order valence-electron chi connectivity index (χ1n) is 9.15. The van der Waals surface area contributed by atoms with Crippen molar-refractivity contribution in [2.45, 2.75) is 46.1 Å². The summed E-state index contributed by atoms with van der Waals surface area (Å²) >= 11 is 0. The summed E-state index contributed by atoms with van der Waals surface area (Å²) in [6.07, 6.45) is 2.62. The van der Waals surface area contributed by atoms with Crippen LogP contribution in [-0.4, -0.2) is 48.4 Å². The Morgan fingerprint density at radius 2 is 1.77 bits per heavy atom. The van der Waals surface area contributed by atoms with Crippen LogP contribution in [0, 0.1) is 0 Å². The largest absolute Gasteiger partial charge is 0.338 e. The van der Waals surface area contributed by atoms with Gasteiger partial charge in [-0.3, -0.25) is 19.8 Å². The van der Waals surface area contributed by atoms with Gasteiger partial charge in [-0.25, -0.2) is 4.79 Å². The minimum Gasteiger partial charge on any atom is -0.338 e. The van der Waals surface area contributed by atoms with Crippen molar-refractivity contribution in [3.63, 3.8) is 0 Å². The summed E-state index contributed by atoms with van der Waals surface area (Å²) in [6, 6.07) is 8.18. The first-order chi connectivity index (χ1) is 12.5. The van der Waals surface area contributed by atoms with Crippen molar-refractivity contribution >= 4 is 23.5 Å². The maximum atomic E-state index is 12.4. The van der Waals surface area contributed by atoms with Crippen molar-refractivity contribution < 1.29 is 14.4 Å². The molecule has 3 N–H and O–H groups in total. The molecule has 0 aliphatic rings. The molecule has 1 rings (SSSR count). The lowest BCUT2D eigenvalue weighted by Crippen LogP contribution is -2.49. The highest BCUT2D eigenvalue weighted by Gasteiger charge is 2.23. The number of anilines is 1. The van der Waals surface area contributed by atoms with Gasteiger partial charge in [0.2, 0.25) is 11.8 Å². The maximum Gasteiger partial charge on any atom is 0.321 e. The fourth-order valence-electron chi connectivity index (χ4n) is 2.40. The van der Waals surface area contributed by atoms with Crippen molar-refractivity contribution in [2.75, 3.05) is 25.0 Å². The Kier molecular flexibility index (Phi) is 10.0. The third-order valence-electron chi connectivity index (χ3n) is 3.89. The van der Waals surface area contributed by atoms with Gasteiger partial charge in [-0.05, 0) is 38.4 Å². The minimum absolute atomic E-state index is 0.0155. The molecule has 7 nitrogen and oxygen atoms in total. The molecule has 0 radical (unpaired) electrons. The van der Waals surface area contributed by atoms with Crippen LogP contribution < -0.4 is 16.0 Å². The quantitative estimate of drug-likeness (QED) is 0.557. The molecule has 0 saturated heterocycles. The predicted molar refractivity (Wildman–Crippen MR) is 103 cm³/mol. The number of amides is 4. The van der Waals surface area contributed by atoms with Crippen LogP contribution in [0.2, 0.25) is 0 Å². The first kappa shape index (κ1) is 21.6. The van der Waals surface area contributed by atoms with Crippen molar-refractivity contribution in [1.29, 1.82) is 0 Å². The van der Waals surface area contributed by atoms with Crippen molar-refractivity contribution in [3.05, 3.63) is 30.3 Å². The monoisotopic (exact) mass is 362 g/mol. The molecule has 1 aromatic rings. The summed E-state index contributed by atoms with van der Waals surface area (Å²) in [6.45, 7) is 6.85. The summed E-state index contributed by atoms with van der Waals surface area (Å²) in [5, 5.41) is 7.78. The van der Waals surface area contributed by atoms with Crippen LogP contribution >= 0.6 is 0 Å². The van der Waals surface area contributed by atoms with E-state index < -0.39 is 18.0 Å². The summed E-state index contributed by atoms with van der Waals surface area (Å²) < 4.78 is 0. The summed E-state index contributed by atoms with van der Waals surface area (Å²) in [7, 11) is 0. The molecule has 0 saturated carbocycles. The zero-order chi connectivity index (χ0) is 19.4. The molecule has 0 heterocycles.